The third kappa shape index (κ3) is 2.17. The molecule has 3 amide bonds. The largest absolute Gasteiger partial charge is 0.376 e. The molecule has 8 heteroatoms. The summed E-state index contributed by atoms with van der Waals surface area (Å²) in [5.41, 5.74) is 0.460. The number of hydrogen-bond donors (Lipinski definition) is 1. The minimum Gasteiger partial charge on any atom is -0.376 e. The number of likely N-dealkylation sites (tertiary alicyclic amines) is 1. The zero-order chi connectivity index (χ0) is 19.9. The molecule has 4 fully saturated rings. The summed E-state index contributed by atoms with van der Waals surface area (Å²) in [7, 11) is 0. The van der Waals surface area contributed by atoms with Crippen LogP contribution in [0.2, 0.25) is 0 Å². The molecule has 5 heterocycles. The van der Waals surface area contributed by atoms with E-state index in [1.54, 1.807) is 0 Å². The van der Waals surface area contributed by atoms with Gasteiger partial charge in [-0.05, 0) is 50.4 Å². The van der Waals surface area contributed by atoms with Crippen molar-refractivity contribution in [3.63, 3.8) is 0 Å². The maximum absolute atomic E-state index is 13.6. The molecule has 29 heavy (non-hydrogen) atoms. The highest BCUT2D eigenvalue weighted by Gasteiger charge is 2.74. The molecule has 5 atom stereocenters. The van der Waals surface area contributed by atoms with Crippen molar-refractivity contribution in [1.29, 1.82) is 0 Å². The first kappa shape index (κ1) is 18.0. The van der Waals surface area contributed by atoms with Crippen LogP contribution in [0.1, 0.15) is 31.2 Å². The molecule has 1 spiro atoms. The summed E-state index contributed by atoms with van der Waals surface area (Å²) in [4.78, 5) is 44.1. The lowest BCUT2D eigenvalue weighted by Gasteiger charge is -2.37. The predicted octanol–water partition coefficient (Wildman–Crippen LogP) is 1.85. The van der Waals surface area contributed by atoms with Crippen molar-refractivity contribution in [2.24, 2.45) is 11.8 Å². The van der Waals surface area contributed by atoms with Crippen LogP contribution in [-0.2, 0) is 24.7 Å². The molecular weight excluding hydrogens is 438 g/mol. The number of nitrogens with zero attached hydrogens (tertiary/aromatic N) is 2. The van der Waals surface area contributed by atoms with Crippen molar-refractivity contribution in [3.05, 3.63) is 28.2 Å². The molecule has 7 nitrogen and oxygen atoms in total. The minimum atomic E-state index is -1.09. The van der Waals surface area contributed by atoms with E-state index >= 15 is 0 Å². The SMILES string of the molecule is O=C1[C@H]2[C@@H]3CCCN3[C@@]3(C(=O)Nc4ccc(Br)cc43)[C@H]2C(=O)N1C[C@H]1CCCO1. The van der Waals surface area contributed by atoms with Crippen LogP contribution < -0.4 is 5.32 Å². The van der Waals surface area contributed by atoms with Gasteiger partial charge in [0.1, 0.15) is 5.54 Å². The molecule has 0 aliphatic carbocycles. The Hall–Kier alpha value is -1.77. The summed E-state index contributed by atoms with van der Waals surface area (Å²) in [5.74, 6) is -1.64. The van der Waals surface area contributed by atoms with E-state index in [1.165, 1.54) is 4.90 Å². The average molecular weight is 460 g/mol. The Morgan fingerprint density at radius 1 is 1.17 bits per heavy atom. The van der Waals surface area contributed by atoms with Gasteiger partial charge in [0.2, 0.25) is 17.7 Å². The number of imide groups is 1. The first-order valence-electron chi connectivity index (χ1n) is 10.4. The van der Waals surface area contributed by atoms with Gasteiger partial charge in [0, 0.05) is 28.4 Å². The molecule has 0 aromatic heterocycles. The smallest absolute Gasteiger partial charge is 0.250 e. The van der Waals surface area contributed by atoms with Crippen LogP contribution in [0.3, 0.4) is 0 Å². The fraction of sp³-hybridized carbons (Fsp3) is 0.571. The van der Waals surface area contributed by atoms with Crippen LogP contribution in [-0.4, -0.2) is 59.4 Å². The van der Waals surface area contributed by atoms with Gasteiger partial charge in [-0.3, -0.25) is 24.2 Å². The van der Waals surface area contributed by atoms with Crippen LogP contribution in [0.25, 0.3) is 0 Å². The van der Waals surface area contributed by atoms with Crippen LogP contribution in [0, 0.1) is 11.8 Å². The lowest BCUT2D eigenvalue weighted by Crippen LogP contribution is -2.54. The molecule has 5 aliphatic heterocycles. The predicted molar refractivity (Wildman–Crippen MR) is 107 cm³/mol. The first-order valence-corrected chi connectivity index (χ1v) is 11.2. The van der Waals surface area contributed by atoms with Crippen LogP contribution in [0.15, 0.2) is 22.7 Å². The number of carbonyl (C=O) groups excluding carboxylic acids is 3. The molecule has 152 valence electrons. The second-order valence-corrected chi connectivity index (χ2v) is 9.65. The number of hydrogen-bond acceptors (Lipinski definition) is 5. The first-order chi connectivity index (χ1) is 14.0. The molecule has 5 aliphatic rings. The molecule has 1 N–H and O–H groups in total. The highest BCUT2D eigenvalue weighted by atomic mass is 79.9. The summed E-state index contributed by atoms with van der Waals surface area (Å²) in [6.45, 7) is 1.71. The van der Waals surface area contributed by atoms with Gasteiger partial charge < -0.3 is 10.1 Å². The number of carbonyl (C=O) groups is 3. The Kier molecular flexibility index (Phi) is 3.81. The number of nitrogens with one attached hydrogen (secondary N) is 1. The summed E-state index contributed by atoms with van der Waals surface area (Å²) >= 11 is 3.52. The maximum Gasteiger partial charge on any atom is 0.250 e. The lowest BCUT2D eigenvalue weighted by atomic mass is 9.75. The lowest BCUT2D eigenvalue weighted by molar-refractivity contribution is -0.147. The van der Waals surface area contributed by atoms with Crippen molar-refractivity contribution in [3.8, 4) is 0 Å². The van der Waals surface area contributed by atoms with Gasteiger partial charge in [0.05, 0.1) is 24.5 Å². The van der Waals surface area contributed by atoms with Crippen LogP contribution in [0.5, 0.6) is 0 Å². The van der Waals surface area contributed by atoms with Crippen LogP contribution in [0.4, 0.5) is 5.69 Å². The highest BCUT2D eigenvalue weighted by molar-refractivity contribution is 9.10. The van der Waals surface area contributed by atoms with E-state index in [0.717, 1.165) is 48.0 Å². The highest BCUT2D eigenvalue weighted by Crippen LogP contribution is 2.60. The monoisotopic (exact) mass is 459 g/mol. The molecule has 6 rings (SSSR count). The molecule has 0 unspecified atom stereocenters. The Bertz CT molecular complexity index is 946. The summed E-state index contributed by atoms with van der Waals surface area (Å²) < 4.78 is 6.55. The maximum atomic E-state index is 13.6. The second kappa shape index (κ2) is 6.12. The summed E-state index contributed by atoms with van der Waals surface area (Å²) in [6.07, 6.45) is 3.50. The van der Waals surface area contributed by atoms with Gasteiger partial charge >= 0.3 is 0 Å². The number of amides is 3. The quantitative estimate of drug-likeness (QED) is 0.682. The minimum absolute atomic E-state index is 0.0679. The molecule has 0 bridgehead atoms. The molecular formula is C21H22BrN3O4. The third-order valence-corrected chi connectivity index (χ3v) is 7.95. The molecule has 0 radical (unpaired) electrons. The van der Waals surface area contributed by atoms with Crippen molar-refractivity contribution in [1.82, 2.24) is 9.80 Å². The van der Waals surface area contributed by atoms with Crippen molar-refractivity contribution in [2.45, 2.75) is 43.4 Å². The van der Waals surface area contributed by atoms with Gasteiger partial charge in [-0.25, -0.2) is 0 Å². The topological polar surface area (TPSA) is 79.0 Å². The standard InChI is InChI=1S/C21H22BrN3O4/c22-11-5-6-14-13(9-11)21(20(28)23-14)17-16(15-4-1-7-25(15)21)18(26)24(19(17)27)10-12-3-2-8-29-12/h5-6,9,12,15-17H,1-4,7-8,10H2,(H,23,28)/t12-,15+,16+,17-,21-/m1/s1. The Morgan fingerprint density at radius 3 is 2.83 bits per heavy atom. The van der Waals surface area contributed by atoms with Crippen molar-refractivity contribution >= 4 is 39.3 Å². The van der Waals surface area contributed by atoms with Gasteiger partial charge in [-0.15, -0.1) is 0 Å². The van der Waals surface area contributed by atoms with Gasteiger partial charge in [-0.1, -0.05) is 15.9 Å². The van der Waals surface area contributed by atoms with E-state index < -0.39 is 17.4 Å². The number of fused-ring (bicyclic) bond motifs is 7. The van der Waals surface area contributed by atoms with E-state index in [4.69, 9.17) is 4.74 Å². The molecule has 1 aromatic rings. The molecule has 4 saturated heterocycles. The van der Waals surface area contributed by atoms with Crippen LogP contribution >= 0.6 is 15.9 Å². The fourth-order valence-electron chi connectivity index (χ4n) is 6.41. The number of halogens is 1. The van der Waals surface area contributed by atoms with Gasteiger partial charge in [0.15, 0.2) is 0 Å². The second-order valence-electron chi connectivity index (χ2n) is 8.74. The normalized spacial score (nSPS) is 38.1. The number of benzene rings is 1. The number of ether oxygens (including phenoxy) is 1. The zero-order valence-electron chi connectivity index (χ0n) is 15.9. The third-order valence-electron chi connectivity index (χ3n) is 7.46. The van der Waals surface area contributed by atoms with E-state index in [-0.39, 0.29) is 29.9 Å². The Labute approximate surface area is 176 Å². The van der Waals surface area contributed by atoms with Crippen molar-refractivity contribution < 1.29 is 19.1 Å². The van der Waals surface area contributed by atoms with Gasteiger partial charge in [-0.2, -0.15) is 0 Å². The Balaban J connectivity index is 1.48. The number of rotatable bonds is 2. The molecule has 0 saturated carbocycles. The Morgan fingerprint density at radius 2 is 2.03 bits per heavy atom. The van der Waals surface area contributed by atoms with Crippen molar-refractivity contribution in [2.75, 3.05) is 25.0 Å². The summed E-state index contributed by atoms with van der Waals surface area (Å²) in [6, 6.07) is 5.63. The summed E-state index contributed by atoms with van der Waals surface area (Å²) in [5, 5.41) is 3.00. The van der Waals surface area contributed by atoms with E-state index in [9.17, 15) is 14.4 Å². The van der Waals surface area contributed by atoms with Gasteiger partial charge in [0.25, 0.3) is 0 Å². The van der Waals surface area contributed by atoms with E-state index in [1.807, 2.05) is 18.2 Å². The fourth-order valence-corrected chi connectivity index (χ4v) is 6.77. The van der Waals surface area contributed by atoms with E-state index in [0.29, 0.717) is 13.2 Å². The average Bonchev–Trinajstić information content (AvgIpc) is 3.47. The number of anilines is 1. The van der Waals surface area contributed by atoms with E-state index in [2.05, 4.69) is 26.1 Å². The molecule has 1 aromatic carbocycles. The zero-order valence-corrected chi connectivity index (χ0v) is 17.5.